The number of aryl methyl sites for hydroxylation is 2. The molecule has 3 aromatic heterocycles. The van der Waals surface area contributed by atoms with Gasteiger partial charge in [0.1, 0.15) is 5.69 Å². The molecule has 0 radical (unpaired) electrons. The van der Waals surface area contributed by atoms with Crippen molar-refractivity contribution in [3.05, 3.63) is 63.2 Å². The van der Waals surface area contributed by atoms with Crippen LogP contribution in [0.5, 0.6) is 0 Å². The Kier molecular flexibility index (Phi) is 7.96. The van der Waals surface area contributed by atoms with Crippen LogP contribution in [0.4, 0.5) is 0 Å². The Morgan fingerprint density at radius 1 is 1.15 bits per heavy atom. The Morgan fingerprint density at radius 3 is 2.51 bits per heavy atom. The van der Waals surface area contributed by atoms with E-state index in [9.17, 15) is 14.7 Å². The number of likely N-dealkylation sites (tertiary alicyclic amines) is 1. The van der Waals surface area contributed by atoms with Gasteiger partial charge in [0.05, 0.1) is 27.0 Å². The predicted octanol–water partition coefficient (Wildman–Crippen LogP) is 5.77. The van der Waals surface area contributed by atoms with Crippen molar-refractivity contribution in [3.63, 3.8) is 0 Å². The number of piperidine rings is 1. The number of benzene rings is 1. The number of aliphatic carboxylic acids is 1. The number of halogens is 1. The van der Waals surface area contributed by atoms with E-state index in [4.69, 9.17) is 16.1 Å². The molecule has 10 heteroatoms. The van der Waals surface area contributed by atoms with E-state index in [1.54, 1.807) is 6.07 Å². The summed E-state index contributed by atoms with van der Waals surface area (Å²) in [6, 6.07) is 10.4. The molecule has 1 unspecified atom stereocenters. The first kappa shape index (κ1) is 27.6. The van der Waals surface area contributed by atoms with Gasteiger partial charge in [-0.05, 0) is 83.0 Å². The predicted molar refractivity (Wildman–Crippen MR) is 154 cm³/mol. The summed E-state index contributed by atoms with van der Waals surface area (Å²) in [6.07, 6.45) is 1.59. The van der Waals surface area contributed by atoms with Crippen molar-refractivity contribution in [2.75, 3.05) is 13.1 Å². The van der Waals surface area contributed by atoms with Crippen LogP contribution in [0.3, 0.4) is 0 Å². The summed E-state index contributed by atoms with van der Waals surface area (Å²) in [7, 11) is 0. The number of rotatable bonds is 9. The summed E-state index contributed by atoms with van der Waals surface area (Å²) >= 11 is 7.49. The van der Waals surface area contributed by atoms with Crippen molar-refractivity contribution in [3.8, 4) is 10.6 Å². The fourth-order valence-electron chi connectivity index (χ4n) is 5.40. The highest BCUT2D eigenvalue weighted by atomic mass is 35.5. The Labute approximate surface area is 236 Å². The minimum atomic E-state index is -1.34. The third kappa shape index (κ3) is 5.68. The van der Waals surface area contributed by atoms with Gasteiger partial charge in [-0.3, -0.25) is 14.9 Å². The van der Waals surface area contributed by atoms with Gasteiger partial charge in [0.2, 0.25) is 5.78 Å². The van der Waals surface area contributed by atoms with Crippen LogP contribution in [-0.2, 0) is 11.3 Å². The number of carboxylic acid groups (broad SMARTS) is 1. The van der Waals surface area contributed by atoms with Gasteiger partial charge in [-0.1, -0.05) is 28.9 Å². The van der Waals surface area contributed by atoms with E-state index < -0.39 is 17.8 Å². The van der Waals surface area contributed by atoms with Gasteiger partial charge >= 0.3 is 5.97 Å². The monoisotopic (exact) mass is 568 g/mol. The van der Waals surface area contributed by atoms with Gasteiger partial charge in [-0.25, -0.2) is 0 Å². The molecule has 1 aliphatic rings. The van der Waals surface area contributed by atoms with Crippen LogP contribution in [0.15, 0.2) is 40.9 Å². The summed E-state index contributed by atoms with van der Waals surface area (Å²) in [5.74, 6) is -1.04. The molecule has 0 aliphatic carbocycles. The molecule has 1 saturated heterocycles. The summed E-state index contributed by atoms with van der Waals surface area (Å²) in [5, 5.41) is 18.5. The van der Waals surface area contributed by atoms with Crippen LogP contribution in [0.25, 0.3) is 21.5 Å². The summed E-state index contributed by atoms with van der Waals surface area (Å²) in [6.45, 7) is 10.3. The number of fused-ring (bicyclic) bond motifs is 1. The van der Waals surface area contributed by atoms with Gasteiger partial charge in [0.15, 0.2) is 11.8 Å². The number of nitrogens with zero attached hydrogens (tertiary/aromatic N) is 3. The van der Waals surface area contributed by atoms with E-state index in [0.29, 0.717) is 27.5 Å². The third-order valence-electron chi connectivity index (χ3n) is 7.60. The standard InChI is InChI=1S/C29H33ClN4O4S/c1-16(2)33-11-9-19(10-12-33)31-26(29(36)37)28(35)22-14-21-17(3)5-6-18(4)27(21)34(22)15-20-13-23(38-32-20)24-7-8-25(30)39-24/h5-8,13-14,16,19,26,31H,9-12,15H2,1-4H3,(H,36,37). The maximum Gasteiger partial charge on any atom is 0.328 e. The molecular weight excluding hydrogens is 536 g/mol. The van der Waals surface area contributed by atoms with Crippen molar-refractivity contribution in [2.24, 2.45) is 0 Å². The van der Waals surface area contributed by atoms with E-state index in [1.165, 1.54) is 11.3 Å². The van der Waals surface area contributed by atoms with Crippen LogP contribution < -0.4 is 5.32 Å². The van der Waals surface area contributed by atoms with Gasteiger partial charge in [0, 0.05) is 23.5 Å². The number of Topliss-reactive ketones (excluding diaryl/α,β-unsaturated/α-hetero) is 1. The average molecular weight is 569 g/mol. The average Bonchev–Trinajstić information content (AvgIpc) is 3.64. The van der Waals surface area contributed by atoms with Crippen molar-refractivity contribution in [1.82, 2.24) is 19.9 Å². The van der Waals surface area contributed by atoms with Crippen LogP contribution in [-0.4, -0.2) is 62.7 Å². The summed E-state index contributed by atoms with van der Waals surface area (Å²) in [5.41, 5.74) is 3.85. The fourth-order valence-corrected chi connectivity index (χ4v) is 6.39. The molecule has 0 saturated carbocycles. The van der Waals surface area contributed by atoms with Crippen LogP contribution in [0.2, 0.25) is 4.34 Å². The smallest absolute Gasteiger partial charge is 0.328 e. The lowest BCUT2D eigenvalue weighted by molar-refractivity contribution is -0.138. The Bertz CT molecular complexity index is 1510. The van der Waals surface area contributed by atoms with E-state index in [0.717, 1.165) is 52.8 Å². The Hall–Kier alpha value is -2.98. The second-order valence-corrected chi connectivity index (χ2v) is 12.3. The second kappa shape index (κ2) is 11.3. The molecule has 2 N–H and O–H groups in total. The highest BCUT2D eigenvalue weighted by molar-refractivity contribution is 7.19. The first-order valence-electron chi connectivity index (χ1n) is 13.2. The SMILES string of the molecule is Cc1ccc(C)c2c1cc(C(=O)C(NC1CCN(C(C)C)CC1)C(=O)O)n2Cc1cc(-c2ccc(Cl)s2)on1. The van der Waals surface area contributed by atoms with Gasteiger partial charge in [-0.2, -0.15) is 0 Å². The summed E-state index contributed by atoms with van der Waals surface area (Å²) < 4.78 is 8.11. The number of aromatic nitrogens is 2. The lowest BCUT2D eigenvalue weighted by Crippen LogP contribution is -2.53. The summed E-state index contributed by atoms with van der Waals surface area (Å²) in [4.78, 5) is 29.6. The Morgan fingerprint density at radius 2 is 1.87 bits per heavy atom. The number of hydrogen-bond acceptors (Lipinski definition) is 7. The number of thiophene rings is 1. The van der Waals surface area contributed by atoms with Crippen molar-refractivity contribution >= 4 is 45.6 Å². The largest absolute Gasteiger partial charge is 0.480 e. The fraction of sp³-hybridized carbons (Fsp3) is 0.414. The maximum absolute atomic E-state index is 13.9. The molecule has 4 heterocycles. The quantitative estimate of drug-likeness (QED) is 0.195. The molecule has 0 spiro atoms. The molecule has 1 aromatic carbocycles. The number of nitrogens with one attached hydrogen (secondary N) is 1. The Balaban J connectivity index is 1.48. The number of carbonyl (C=O) groups is 2. The maximum atomic E-state index is 13.9. The topological polar surface area (TPSA) is 101 Å². The lowest BCUT2D eigenvalue weighted by Gasteiger charge is -2.35. The van der Waals surface area contributed by atoms with Crippen LogP contribution in [0, 0.1) is 13.8 Å². The van der Waals surface area contributed by atoms with Crippen molar-refractivity contribution in [1.29, 1.82) is 0 Å². The molecule has 4 aromatic rings. The zero-order chi connectivity index (χ0) is 27.8. The first-order valence-corrected chi connectivity index (χ1v) is 14.4. The van der Waals surface area contributed by atoms with Gasteiger partial charge in [-0.15, -0.1) is 11.3 Å². The van der Waals surface area contributed by atoms with E-state index in [-0.39, 0.29) is 12.6 Å². The molecule has 0 amide bonds. The highest BCUT2D eigenvalue weighted by Crippen LogP contribution is 2.33. The van der Waals surface area contributed by atoms with Crippen molar-refractivity contribution in [2.45, 2.75) is 65.2 Å². The normalized spacial score (nSPS) is 15.8. The molecule has 1 atom stereocenters. The van der Waals surface area contributed by atoms with E-state index in [1.807, 2.05) is 48.7 Å². The lowest BCUT2D eigenvalue weighted by atomic mass is 10.0. The number of carbonyl (C=O) groups excluding carboxylic acids is 1. The molecule has 8 nitrogen and oxygen atoms in total. The number of hydrogen-bond donors (Lipinski definition) is 2. The molecule has 1 aliphatic heterocycles. The molecule has 39 heavy (non-hydrogen) atoms. The third-order valence-corrected chi connectivity index (χ3v) is 8.84. The van der Waals surface area contributed by atoms with E-state index >= 15 is 0 Å². The molecule has 0 bridgehead atoms. The number of ketones is 1. The van der Waals surface area contributed by atoms with Gasteiger partial charge in [0.25, 0.3) is 0 Å². The number of carboxylic acids is 1. The zero-order valence-corrected chi connectivity index (χ0v) is 24.1. The van der Waals surface area contributed by atoms with Gasteiger partial charge < -0.3 is 19.1 Å². The molecular formula is C29H33ClN4O4S. The highest BCUT2D eigenvalue weighted by Gasteiger charge is 2.34. The molecule has 206 valence electrons. The van der Waals surface area contributed by atoms with Crippen molar-refractivity contribution < 1.29 is 19.2 Å². The molecule has 5 rings (SSSR count). The zero-order valence-electron chi connectivity index (χ0n) is 22.5. The van der Waals surface area contributed by atoms with Crippen LogP contribution in [0.1, 0.15) is 54.0 Å². The second-order valence-electron chi connectivity index (χ2n) is 10.6. The van der Waals surface area contributed by atoms with E-state index in [2.05, 4.69) is 29.2 Å². The minimum Gasteiger partial charge on any atom is -0.480 e. The first-order chi connectivity index (χ1) is 18.6. The van der Waals surface area contributed by atoms with Crippen LogP contribution >= 0.6 is 22.9 Å². The minimum absolute atomic E-state index is 0.0398. The molecule has 1 fully saturated rings.